The van der Waals surface area contributed by atoms with Crippen LogP contribution in [0, 0.1) is 6.92 Å². The topological polar surface area (TPSA) is 84.5 Å². The van der Waals surface area contributed by atoms with E-state index in [4.69, 9.17) is 4.74 Å². The van der Waals surface area contributed by atoms with E-state index in [-0.39, 0.29) is 30.7 Å². The van der Waals surface area contributed by atoms with Gasteiger partial charge in [0.25, 0.3) is 5.91 Å². The van der Waals surface area contributed by atoms with Gasteiger partial charge in [-0.2, -0.15) is 0 Å². The van der Waals surface area contributed by atoms with Gasteiger partial charge in [-0.15, -0.1) is 0 Å². The first-order chi connectivity index (χ1) is 12.0. The van der Waals surface area contributed by atoms with E-state index in [1.807, 2.05) is 19.1 Å². The van der Waals surface area contributed by atoms with E-state index in [9.17, 15) is 14.4 Å². The smallest absolute Gasteiger partial charge is 0.331 e. The summed E-state index contributed by atoms with van der Waals surface area (Å²) in [5.41, 5.74) is 0.571. The minimum atomic E-state index is -0.913. The van der Waals surface area contributed by atoms with Gasteiger partial charge in [-0.3, -0.25) is 9.59 Å². The molecule has 1 aromatic carbocycles. The molecular weight excluding hydrogens is 320 g/mol. The van der Waals surface area contributed by atoms with Gasteiger partial charge >= 0.3 is 5.97 Å². The minimum Gasteiger partial charge on any atom is -0.467 e. The van der Waals surface area contributed by atoms with Gasteiger partial charge in [-0.25, -0.2) is 4.79 Å². The minimum absolute atomic E-state index is 0.121. The summed E-state index contributed by atoms with van der Waals surface area (Å²) < 4.78 is 4.88. The van der Waals surface area contributed by atoms with E-state index in [0.29, 0.717) is 18.4 Å². The van der Waals surface area contributed by atoms with E-state index in [2.05, 4.69) is 10.6 Å². The molecule has 1 aliphatic carbocycles. The molecule has 1 aliphatic rings. The number of carbonyl (C=O) groups excluding carboxylic acids is 3. The standard InChI is InChI=1S/C19H26N2O4/c1-14-8-4-5-9-15(14)17(23)20-13-10-16(22)21-19(18(24)25-2)11-6-3-7-12-19/h4-5,8-9H,3,6-7,10-13H2,1-2H3,(H,20,23)(H,21,22). The molecule has 0 bridgehead atoms. The SMILES string of the molecule is COC(=O)C1(NC(=O)CCNC(=O)c2ccccc2C)CCCCC1. The number of amides is 2. The van der Waals surface area contributed by atoms with Crippen LogP contribution in [0.25, 0.3) is 0 Å². The molecule has 6 heteroatoms. The zero-order chi connectivity index (χ0) is 18.3. The molecule has 0 radical (unpaired) electrons. The lowest BCUT2D eigenvalue weighted by molar-refractivity contribution is -0.152. The van der Waals surface area contributed by atoms with Crippen molar-refractivity contribution in [1.82, 2.24) is 10.6 Å². The van der Waals surface area contributed by atoms with E-state index in [1.54, 1.807) is 12.1 Å². The van der Waals surface area contributed by atoms with E-state index in [0.717, 1.165) is 24.8 Å². The number of benzene rings is 1. The molecule has 0 aromatic heterocycles. The van der Waals surface area contributed by atoms with Crippen LogP contribution in [0.4, 0.5) is 0 Å². The van der Waals surface area contributed by atoms with Gasteiger partial charge < -0.3 is 15.4 Å². The van der Waals surface area contributed by atoms with Crippen LogP contribution in [0.3, 0.4) is 0 Å². The Morgan fingerprint density at radius 1 is 1.12 bits per heavy atom. The van der Waals surface area contributed by atoms with Crippen LogP contribution in [0.2, 0.25) is 0 Å². The first-order valence-electron chi connectivity index (χ1n) is 8.72. The van der Waals surface area contributed by atoms with Crippen LogP contribution in [-0.2, 0) is 14.3 Å². The summed E-state index contributed by atoms with van der Waals surface area (Å²) in [7, 11) is 1.34. The molecule has 2 N–H and O–H groups in total. The molecule has 0 saturated heterocycles. The van der Waals surface area contributed by atoms with Gasteiger partial charge in [0.05, 0.1) is 7.11 Å². The van der Waals surface area contributed by atoms with Gasteiger partial charge in [0, 0.05) is 18.5 Å². The third kappa shape index (κ3) is 4.81. The highest BCUT2D eigenvalue weighted by Crippen LogP contribution is 2.29. The number of aryl methyl sites for hydroxylation is 1. The van der Waals surface area contributed by atoms with E-state index in [1.165, 1.54) is 7.11 Å². The molecule has 0 aliphatic heterocycles. The predicted molar refractivity (Wildman–Crippen MR) is 94.1 cm³/mol. The Hall–Kier alpha value is -2.37. The van der Waals surface area contributed by atoms with Crippen molar-refractivity contribution in [2.75, 3.05) is 13.7 Å². The lowest BCUT2D eigenvalue weighted by Gasteiger charge is -2.35. The quantitative estimate of drug-likeness (QED) is 0.773. The lowest BCUT2D eigenvalue weighted by atomic mass is 9.81. The summed E-state index contributed by atoms with van der Waals surface area (Å²) in [5.74, 6) is -0.840. The maximum absolute atomic E-state index is 12.3. The monoisotopic (exact) mass is 346 g/mol. The van der Waals surface area contributed by atoms with Crippen LogP contribution in [0.1, 0.15) is 54.4 Å². The second-order valence-corrected chi connectivity index (χ2v) is 6.50. The zero-order valence-electron chi connectivity index (χ0n) is 14.9. The fraction of sp³-hybridized carbons (Fsp3) is 0.526. The fourth-order valence-electron chi connectivity index (χ4n) is 3.27. The number of carbonyl (C=O) groups is 3. The highest BCUT2D eigenvalue weighted by atomic mass is 16.5. The summed E-state index contributed by atoms with van der Waals surface area (Å²) in [6.07, 6.45) is 4.15. The van der Waals surface area contributed by atoms with Crippen LogP contribution in [0.15, 0.2) is 24.3 Å². The first kappa shape index (κ1) is 19.0. The van der Waals surface area contributed by atoms with Crippen LogP contribution in [-0.4, -0.2) is 37.0 Å². The van der Waals surface area contributed by atoms with Crippen molar-refractivity contribution in [3.63, 3.8) is 0 Å². The number of hydrogen-bond acceptors (Lipinski definition) is 4. The van der Waals surface area contributed by atoms with Crippen molar-refractivity contribution in [1.29, 1.82) is 0 Å². The number of methoxy groups -OCH3 is 1. The fourth-order valence-corrected chi connectivity index (χ4v) is 3.27. The Bertz CT molecular complexity index is 636. The Kier molecular flexibility index (Phi) is 6.56. The normalized spacial score (nSPS) is 15.9. The van der Waals surface area contributed by atoms with Crippen LogP contribution >= 0.6 is 0 Å². The Morgan fingerprint density at radius 2 is 1.80 bits per heavy atom. The molecule has 0 heterocycles. The maximum Gasteiger partial charge on any atom is 0.331 e. The molecule has 136 valence electrons. The third-order valence-electron chi connectivity index (χ3n) is 4.69. The number of nitrogens with one attached hydrogen (secondary N) is 2. The van der Waals surface area contributed by atoms with Crippen molar-refractivity contribution < 1.29 is 19.1 Å². The molecule has 6 nitrogen and oxygen atoms in total. The second-order valence-electron chi connectivity index (χ2n) is 6.50. The third-order valence-corrected chi connectivity index (χ3v) is 4.69. The average molecular weight is 346 g/mol. The van der Waals surface area contributed by atoms with E-state index >= 15 is 0 Å². The summed E-state index contributed by atoms with van der Waals surface area (Å²) in [5, 5.41) is 5.59. The maximum atomic E-state index is 12.3. The molecule has 25 heavy (non-hydrogen) atoms. The summed E-state index contributed by atoms with van der Waals surface area (Å²) in [6, 6.07) is 7.29. The van der Waals surface area contributed by atoms with Gasteiger partial charge in [0.15, 0.2) is 0 Å². The van der Waals surface area contributed by atoms with Crippen LogP contribution < -0.4 is 10.6 Å². The number of hydrogen-bond donors (Lipinski definition) is 2. The lowest BCUT2D eigenvalue weighted by Crippen LogP contribution is -2.56. The summed E-state index contributed by atoms with van der Waals surface area (Å²) in [6.45, 7) is 2.08. The molecule has 2 amide bonds. The highest BCUT2D eigenvalue weighted by Gasteiger charge is 2.41. The zero-order valence-corrected chi connectivity index (χ0v) is 14.9. The van der Waals surface area contributed by atoms with Crippen molar-refractivity contribution in [2.45, 2.75) is 51.0 Å². The second kappa shape index (κ2) is 8.65. The molecule has 2 rings (SSSR count). The predicted octanol–water partition coefficient (Wildman–Crippen LogP) is 2.11. The van der Waals surface area contributed by atoms with Crippen molar-refractivity contribution in [3.05, 3.63) is 35.4 Å². The molecule has 0 spiro atoms. The Balaban J connectivity index is 1.86. The number of esters is 1. The molecule has 0 atom stereocenters. The number of rotatable bonds is 6. The van der Waals surface area contributed by atoms with Gasteiger partial charge in [0.2, 0.25) is 5.91 Å². The van der Waals surface area contributed by atoms with Gasteiger partial charge in [0.1, 0.15) is 5.54 Å². The highest BCUT2D eigenvalue weighted by molar-refractivity contribution is 5.96. The summed E-state index contributed by atoms with van der Waals surface area (Å²) >= 11 is 0. The average Bonchev–Trinajstić information content (AvgIpc) is 2.62. The number of ether oxygens (including phenoxy) is 1. The van der Waals surface area contributed by atoms with Crippen LogP contribution in [0.5, 0.6) is 0 Å². The Labute approximate surface area is 148 Å². The van der Waals surface area contributed by atoms with Gasteiger partial charge in [-0.05, 0) is 31.4 Å². The molecular formula is C19H26N2O4. The van der Waals surface area contributed by atoms with Crippen molar-refractivity contribution in [3.8, 4) is 0 Å². The molecule has 1 fully saturated rings. The van der Waals surface area contributed by atoms with Gasteiger partial charge in [-0.1, -0.05) is 37.5 Å². The van der Waals surface area contributed by atoms with E-state index < -0.39 is 5.54 Å². The largest absolute Gasteiger partial charge is 0.467 e. The first-order valence-corrected chi connectivity index (χ1v) is 8.72. The molecule has 1 saturated carbocycles. The van der Waals surface area contributed by atoms with Crippen molar-refractivity contribution in [2.24, 2.45) is 0 Å². The molecule has 0 unspecified atom stereocenters. The Morgan fingerprint density at radius 3 is 2.44 bits per heavy atom. The molecule has 1 aromatic rings. The van der Waals surface area contributed by atoms with Crippen molar-refractivity contribution >= 4 is 17.8 Å². The summed E-state index contributed by atoms with van der Waals surface area (Å²) in [4.78, 5) is 36.5.